The van der Waals surface area contributed by atoms with Crippen molar-refractivity contribution in [2.75, 3.05) is 44.4 Å². The molecule has 3 rings (SSSR count). The van der Waals surface area contributed by atoms with Gasteiger partial charge in [-0.25, -0.2) is 4.98 Å². The van der Waals surface area contributed by atoms with E-state index in [1.807, 2.05) is 19.0 Å². The highest BCUT2D eigenvalue weighted by molar-refractivity contribution is 6.12. The minimum absolute atomic E-state index is 0.146. The lowest BCUT2D eigenvalue weighted by atomic mass is 10.1. The number of rotatable bonds is 15. The van der Waals surface area contributed by atoms with E-state index in [0.29, 0.717) is 30.2 Å². The van der Waals surface area contributed by atoms with Crippen LogP contribution >= 0.6 is 0 Å². The fourth-order valence-corrected chi connectivity index (χ4v) is 3.91. The third-order valence-corrected chi connectivity index (χ3v) is 6.28. The van der Waals surface area contributed by atoms with Gasteiger partial charge in [-0.1, -0.05) is 31.0 Å². The number of amides is 3. The van der Waals surface area contributed by atoms with Gasteiger partial charge in [-0.15, -0.1) is 0 Å². The minimum atomic E-state index is -0.501. The first-order valence-corrected chi connectivity index (χ1v) is 13.6. The van der Waals surface area contributed by atoms with Gasteiger partial charge in [0.15, 0.2) is 6.61 Å². The van der Waals surface area contributed by atoms with Crippen molar-refractivity contribution >= 4 is 29.2 Å². The van der Waals surface area contributed by atoms with Gasteiger partial charge in [0.2, 0.25) is 0 Å². The molecular formula is C30H39N7O4. The Hall–Kier alpha value is -4.32. The summed E-state index contributed by atoms with van der Waals surface area (Å²) in [4.78, 5) is 44.5. The van der Waals surface area contributed by atoms with Crippen LogP contribution in [-0.2, 0) is 4.79 Å². The Morgan fingerprint density at radius 3 is 2.37 bits per heavy atom. The molecule has 0 fully saturated rings. The standard InChI is InChI=1S/C30H39N7O4/c1-37(2)28(32)21-10-12-22(13-11-21)29(39)35-25-15-14-23(41-20-27(38)34-18-7-4-3-6-16-31)19-24(25)30(40)36-26-9-5-8-17-33-26/h5,8-15,17,19,28H,3-4,6-7,16,18,20,31-32H2,1-2H3,(H,34,38)(H,35,39)(H,33,36,40). The summed E-state index contributed by atoms with van der Waals surface area (Å²) in [6, 6.07) is 16.7. The van der Waals surface area contributed by atoms with Crippen LogP contribution in [0.25, 0.3) is 0 Å². The average molecular weight is 562 g/mol. The van der Waals surface area contributed by atoms with Gasteiger partial charge < -0.3 is 32.2 Å². The Labute approximate surface area is 240 Å². The molecule has 0 aliphatic rings. The molecule has 41 heavy (non-hydrogen) atoms. The summed E-state index contributed by atoms with van der Waals surface area (Å²) >= 11 is 0. The zero-order valence-corrected chi connectivity index (χ0v) is 23.6. The van der Waals surface area contributed by atoms with Gasteiger partial charge >= 0.3 is 0 Å². The van der Waals surface area contributed by atoms with Crippen LogP contribution in [0.3, 0.4) is 0 Å². The molecule has 218 valence electrons. The smallest absolute Gasteiger partial charge is 0.259 e. The maximum atomic E-state index is 13.2. The number of nitrogens with two attached hydrogens (primary N) is 2. The van der Waals surface area contributed by atoms with Gasteiger partial charge in [0.25, 0.3) is 17.7 Å². The second kappa shape index (κ2) is 16.1. The summed E-state index contributed by atoms with van der Waals surface area (Å²) in [6.45, 7) is 1.01. The predicted molar refractivity (Wildman–Crippen MR) is 160 cm³/mol. The van der Waals surface area contributed by atoms with E-state index in [-0.39, 0.29) is 29.9 Å². The molecule has 2 aromatic carbocycles. The summed E-state index contributed by atoms with van der Waals surface area (Å²) in [7, 11) is 3.74. The molecule has 0 aliphatic carbocycles. The van der Waals surface area contributed by atoms with Gasteiger partial charge in [-0.2, -0.15) is 0 Å². The number of carbonyl (C=O) groups is 3. The lowest BCUT2D eigenvalue weighted by Crippen LogP contribution is -2.29. The number of pyridine rings is 1. The van der Waals surface area contributed by atoms with E-state index >= 15 is 0 Å². The highest BCUT2D eigenvalue weighted by atomic mass is 16.5. The number of unbranched alkanes of at least 4 members (excludes halogenated alkanes) is 3. The van der Waals surface area contributed by atoms with E-state index in [9.17, 15) is 14.4 Å². The Morgan fingerprint density at radius 1 is 0.927 bits per heavy atom. The first-order valence-electron chi connectivity index (χ1n) is 13.6. The zero-order valence-electron chi connectivity index (χ0n) is 23.6. The van der Waals surface area contributed by atoms with Gasteiger partial charge in [-0.3, -0.25) is 19.3 Å². The van der Waals surface area contributed by atoms with Gasteiger partial charge in [0, 0.05) is 18.3 Å². The Morgan fingerprint density at radius 2 is 1.68 bits per heavy atom. The summed E-state index contributed by atoms with van der Waals surface area (Å²) in [5, 5.41) is 8.34. The summed E-state index contributed by atoms with van der Waals surface area (Å²) in [6.07, 6.45) is 5.12. The predicted octanol–water partition coefficient (Wildman–Crippen LogP) is 3.12. The van der Waals surface area contributed by atoms with Crippen LogP contribution < -0.4 is 32.2 Å². The molecule has 0 radical (unpaired) electrons. The summed E-state index contributed by atoms with van der Waals surface area (Å²) < 4.78 is 5.65. The molecule has 1 atom stereocenters. The molecule has 7 N–H and O–H groups in total. The molecule has 1 heterocycles. The Bertz CT molecular complexity index is 1280. The maximum Gasteiger partial charge on any atom is 0.259 e. The van der Waals surface area contributed by atoms with Crippen molar-refractivity contribution in [2.24, 2.45) is 11.5 Å². The van der Waals surface area contributed by atoms with Crippen molar-refractivity contribution in [3.63, 3.8) is 0 Å². The molecule has 0 aliphatic heterocycles. The third-order valence-electron chi connectivity index (χ3n) is 6.28. The van der Waals surface area contributed by atoms with Crippen LogP contribution in [-0.4, -0.2) is 61.4 Å². The summed E-state index contributed by atoms with van der Waals surface area (Å²) in [5.41, 5.74) is 13.3. The van der Waals surface area contributed by atoms with E-state index in [1.54, 1.807) is 60.8 Å². The van der Waals surface area contributed by atoms with Crippen molar-refractivity contribution in [3.05, 3.63) is 83.6 Å². The first-order chi connectivity index (χ1) is 19.8. The molecule has 11 nitrogen and oxygen atoms in total. The number of benzene rings is 2. The number of aromatic nitrogens is 1. The number of carbonyl (C=O) groups excluding carboxylic acids is 3. The largest absolute Gasteiger partial charge is 0.484 e. The van der Waals surface area contributed by atoms with Crippen LogP contribution in [0.1, 0.15) is 58.1 Å². The highest BCUT2D eigenvalue weighted by Crippen LogP contribution is 2.24. The van der Waals surface area contributed by atoms with E-state index in [1.165, 1.54) is 6.07 Å². The van der Waals surface area contributed by atoms with Crippen molar-refractivity contribution in [1.29, 1.82) is 0 Å². The SMILES string of the molecule is CN(C)C(N)c1ccc(C(=O)Nc2ccc(OCC(=O)NCCCCCCN)cc2C(=O)Nc2ccccn2)cc1. The van der Waals surface area contributed by atoms with Crippen molar-refractivity contribution in [3.8, 4) is 5.75 Å². The monoisotopic (exact) mass is 561 g/mol. The molecular weight excluding hydrogens is 522 g/mol. The third kappa shape index (κ3) is 9.98. The summed E-state index contributed by atoms with van der Waals surface area (Å²) in [5.74, 6) is -0.521. The van der Waals surface area contributed by atoms with Crippen LogP contribution in [0.5, 0.6) is 5.75 Å². The first kappa shape index (κ1) is 31.2. The van der Waals surface area contributed by atoms with Gasteiger partial charge in [-0.05, 0) is 81.5 Å². The number of anilines is 2. The molecule has 1 unspecified atom stereocenters. The lowest BCUT2D eigenvalue weighted by molar-refractivity contribution is -0.123. The second-order valence-electron chi connectivity index (χ2n) is 9.70. The van der Waals surface area contributed by atoms with Gasteiger partial charge in [0.1, 0.15) is 11.6 Å². The number of hydrogen-bond acceptors (Lipinski definition) is 8. The highest BCUT2D eigenvalue weighted by Gasteiger charge is 2.18. The van der Waals surface area contributed by atoms with Crippen LogP contribution in [0.2, 0.25) is 0 Å². The molecule has 0 saturated heterocycles. The maximum absolute atomic E-state index is 13.2. The van der Waals surface area contributed by atoms with E-state index < -0.39 is 11.8 Å². The van der Waals surface area contributed by atoms with Gasteiger partial charge in [0.05, 0.1) is 17.4 Å². The molecule has 11 heteroatoms. The molecule has 0 spiro atoms. The number of nitrogens with one attached hydrogen (secondary N) is 3. The topological polar surface area (TPSA) is 165 Å². The molecule has 3 aromatic rings. The average Bonchev–Trinajstić information content (AvgIpc) is 2.98. The van der Waals surface area contributed by atoms with Crippen molar-refractivity contribution in [2.45, 2.75) is 31.8 Å². The van der Waals surface area contributed by atoms with Crippen LogP contribution in [0.15, 0.2) is 66.9 Å². The van der Waals surface area contributed by atoms with Crippen LogP contribution in [0, 0.1) is 0 Å². The normalized spacial score (nSPS) is 11.5. The second-order valence-corrected chi connectivity index (χ2v) is 9.70. The zero-order chi connectivity index (χ0) is 29.6. The number of hydrogen-bond donors (Lipinski definition) is 5. The number of nitrogens with zero attached hydrogens (tertiary/aromatic N) is 2. The van der Waals surface area contributed by atoms with Crippen molar-refractivity contribution < 1.29 is 19.1 Å². The molecule has 0 saturated carbocycles. The quantitative estimate of drug-likeness (QED) is 0.139. The van der Waals surface area contributed by atoms with E-state index in [4.69, 9.17) is 16.2 Å². The molecule has 1 aromatic heterocycles. The molecule has 0 bridgehead atoms. The minimum Gasteiger partial charge on any atom is -0.484 e. The van der Waals surface area contributed by atoms with E-state index in [2.05, 4.69) is 20.9 Å². The fraction of sp³-hybridized carbons (Fsp3) is 0.333. The Kier molecular flexibility index (Phi) is 12.2. The lowest BCUT2D eigenvalue weighted by Gasteiger charge is -2.20. The molecule has 3 amide bonds. The Balaban J connectivity index is 1.70. The number of ether oxygens (including phenoxy) is 1. The van der Waals surface area contributed by atoms with Crippen molar-refractivity contribution in [1.82, 2.24) is 15.2 Å². The van der Waals surface area contributed by atoms with Crippen LogP contribution in [0.4, 0.5) is 11.5 Å². The van der Waals surface area contributed by atoms with E-state index in [0.717, 1.165) is 31.2 Å². The fourth-order valence-electron chi connectivity index (χ4n) is 3.91.